The first-order valence-corrected chi connectivity index (χ1v) is 13.6. The molecule has 1 aliphatic heterocycles. The van der Waals surface area contributed by atoms with Crippen LogP contribution in [0.15, 0.2) is 47.4 Å². The number of carbonyl (C=O) groups is 1. The zero-order valence-corrected chi connectivity index (χ0v) is 20.9. The fourth-order valence-electron chi connectivity index (χ4n) is 4.40. The van der Waals surface area contributed by atoms with Gasteiger partial charge in [-0.15, -0.1) is 0 Å². The summed E-state index contributed by atoms with van der Waals surface area (Å²) in [5.41, 5.74) is 3.13. The number of benzene rings is 2. The molecule has 1 N–H and O–H groups in total. The Labute approximate surface area is 206 Å². The van der Waals surface area contributed by atoms with Crippen LogP contribution in [0.25, 0.3) is 11.0 Å². The van der Waals surface area contributed by atoms with Gasteiger partial charge in [-0.05, 0) is 55.2 Å². The van der Waals surface area contributed by atoms with Crippen molar-refractivity contribution in [2.24, 2.45) is 0 Å². The van der Waals surface area contributed by atoms with E-state index >= 15 is 0 Å². The molecule has 2 aromatic carbocycles. The lowest BCUT2D eigenvalue weighted by Crippen LogP contribution is -2.27. The van der Waals surface area contributed by atoms with Crippen LogP contribution in [-0.4, -0.2) is 41.3 Å². The van der Waals surface area contributed by atoms with Crippen molar-refractivity contribution in [3.05, 3.63) is 53.9 Å². The number of nitrogens with one attached hydrogen (secondary N) is 1. The van der Waals surface area contributed by atoms with Crippen LogP contribution in [0.2, 0.25) is 0 Å². The summed E-state index contributed by atoms with van der Waals surface area (Å²) in [6.45, 7) is 4.01. The standard InChI is InChI=1S/C26H31N5O3S/c1-2-3-18-31-24-11-10-22(35(33,34)30-16-4-5-17-30)19-23(24)29-25(31)12-13-26(32)28-21-8-6-20(7-9-21)14-15-27/h6-11,19H,2-5,12-14,16-18H2,1H3,(H,28,32). The summed E-state index contributed by atoms with van der Waals surface area (Å²) in [4.78, 5) is 17.6. The van der Waals surface area contributed by atoms with Gasteiger partial charge in [0.05, 0.1) is 28.4 Å². The minimum Gasteiger partial charge on any atom is -0.328 e. The Morgan fingerprint density at radius 1 is 1.14 bits per heavy atom. The molecule has 0 atom stereocenters. The second kappa shape index (κ2) is 11.0. The molecule has 0 aliphatic carbocycles. The maximum absolute atomic E-state index is 13.0. The Morgan fingerprint density at radius 2 is 1.89 bits per heavy atom. The normalized spacial score (nSPS) is 14.3. The molecule has 0 unspecified atom stereocenters. The van der Waals surface area contributed by atoms with Gasteiger partial charge in [0.25, 0.3) is 0 Å². The number of hydrogen-bond donors (Lipinski definition) is 1. The summed E-state index contributed by atoms with van der Waals surface area (Å²) in [7, 11) is -3.52. The number of nitriles is 1. The third kappa shape index (κ3) is 5.72. The maximum atomic E-state index is 13.0. The Balaban J connectivity index is 1.51. The molecule has 1 saturated heterocycles. The zero-order valence-electron chi connectivity index (χ0n) is 20.0. The van der Waals surface area contributed by atoms with Gasteiger partial charge in [0.2, 0.25) is 15.9 Å². The van der Waals surface area contributed by atoms with Crippen LogP contribution in [-0.2, 0) is 34.2 Å². The maximum Gasteiger partial charge on any atom is 0.243 e. The minimum absolute atomic E-state index is 0.121. The molecular weight excluding hydrogens is 462 g/mol. The molecule has 1 fully saturated rings. The number of aryl methyl sites for hydroxylation is 2. The lowest BCUT2D eigenvalue weighted by atomic mass is 10.1. The largest absolute Gasteiger partial charge is 0.328 e. The number of carbonyl (C=O) groups excluding carboxylic acids is 1. The zero-order chi connectivity index (χ0) is 24.8. The Bertz CT molecular complexity index is 1330. The van der Waals surface area contributed by atoms with E-state index in [9.17, 15) is 13.2 Å². The van der Waals surface area contributed by atoms with Gasteiger partial charge in [-0.3, -0.25) is 4.79 Å². The molecule has 9 heteroatoms. The van der Waals surface area contributed by atoms with E-state index in [1.54, 1.807) is 28.6 Å². The van der Waals surface area contributed by atoms with E-state index in [1.807, 2.05) is 18.2 Å². The SMILES string of the molecule is CCCCn1c(CCC(=O)Nc2ccc(CC#N)cc2)nc2cc(S(=O)(=O)N3CCCC3)ccc21. The van der Waals surface area contributed by atoms with Crippen LogP contribution in [0, 0.1) is 11.3 Å². The first kappa shape index (κ1) is 24.9. The lowest BCUT2D eigenvalue weighted by Gasteiger charge is -2.15. The van der Waals surface area contributed by atoms with Crippen molar-refractivity contribution in [3.63, 3.8) is 0 Å². The number of fused-ring (bicyclic) bond motifs is 1. The highest BCUT2D eigenvalue weighted by Crippen LogP contribution is 2.26. The van der Waals surface area contributed by atoms with Crippen molar-refractivity contribution in [1.82, 2.24) is 13.9 Å². The summed E-state index contributed by atoms with van der Waals surface area (Å²) in [6.07, 6.45) is 4.81. The fourth-order valence-corrected chi connectivity index (χ4v) is 5.94. The second-order valence-corrected chi connectivity index (χ2v) is 10.8. The monoisotopic (exact) mass is 493 g/mol. The average molecular weight is 494 g/mol. The number of aromatic nitrogens is 2. The number of rotatable bonds is 10. The number of hydrogen-bond acceptors (Lipinski definition) is 5. The number of amides is 1. The Hall–Kier alpha value is -3.22. The quantitative estimate of drug-likeness (QED) is 0.454. The highest BCUT2D eigenvalue weighted by Gasteiger charge is 2.28. The van der Waals surface area contributed by atoms with E-state index in [-0.39, 0.29) is 17.2 Å². The Morgan fingerprint density at radius 3 is 2.57 bits per heavy atom. The second-order valence-electron chi connectivity index (χ2n) is 8.87. The summed E-state index contributed by atoms with van der Waals surface area (Å²) in [5, 5.41) is 11.7. The van der Waals surface area contributed by atoms with Crippen LogP contribution in [0.5, 0.6) is 0 Å². The molecule has 35 heavy (non-hydrogen) atoms. The fraction of sp³-hybridized carbons (Fsp3) is 0.423. The van der Waals surface area contributed by atoms with Crippen molar-refractivity contribution in [1.29, 1.82) is 5.26 Å². The molecule has 8 nitrogen and oxygen atoms in total. The minimum atomic E-state index is -3.52. The van der Waals surface area contributed by atoms with E-state index in [2.05, 4.69) is 22.9 Å². The lowest BCUT2D eigenvalue weighted by molar-refractivity contribution is -0.116. The molecule has 0 spiro atoms. The topological polar surface area (TPSA) is 108 Å². The molecular formula is C26H31N5O3S. The van der Waals surface area contributed by atoms with Gasteiger partial charge in [-0.1, -0.05) is 25.5 Å². The van der Waals surface area contributed by atoms with Crippen LogP contribution < -0.4 is 5.32 Å². The predicted molar refractivity (Wildman–Crippen MR) is 135 cm³/mol. The first-order chi connectivity index (χ1) is 16.9. The van der Waals surface area contributed by atoms with Crippen molar-refractivity contribution in [3.8, 4) is 6.07 Å². The summed E-state index contributed by atoms with van der Waals surface area (Å²) in [6, 6.07) is 14.5. The van der Waals surface area contributed by atoms with Gasteiger partial charge in [0, 0.05) is 38.2 Å². The van der Waals surface area contributed by atoms with E-state index in [1.165, 1.54) is 0 Å². The number of nitrogens with zero attached hydrogens (tertiary/aromatic N) is 4. The molecule has 0 bridgehead atoms. The van der Waals surface area contributed by atoms with E-state index in [0.29, 0.717) is 37.1 Å². The molecule has 3 aromatic rings. The smallest absolute Gasteiger partial charge is 0.243 e. The molecule has 0 saturated carbocycles. The molecule has 2 heterocycles. The molecule has 1 aliphatic rings. The molecule has 184 valence electrons. The molecule has 1 amide bonds. The molecule has 4 rings (SSSR count). The number of unbranched alkanes of at least 4 members (excludes halogenated alkanes) is 1. The van der Waals surface area contributed by atoms with Crippen LogP contribution in [0.1, 0.15) is 50.4 Å². The summed E-state index contributed by atoms with van der Waals surface area (Å²) < 4.78 is 29.7. The number of imidazole rings is 1. The van der Waals surface area contributed by atoms with E-state index in [0.717, 1.165) is 49.1 Å². The van der Waals surface area contributed by atoms with Crippen molar-refractivity contribution < 1.29 is 13.2 Å². The van der Waals surface area contributed by atoms with Gasteiger partial charge in [0.1, 0.15) is 5.82 Å². The third-order valence-corrected chi connectivity index (χ3v) is 8.23. The Kier molecular flexibility index (Phi) is 7.83. The molecule has 1 aromatic heterocycles. The average Bonchev–Trinajstić information content (AvgIpc) is 3.51. The van der Waals surface area contributed by atoms with Crippen molar-refractivity contribution in [2.75, 3.05) is 18.4 Å². The highest BCUT2D eigenvalue weighted by molar-refractivity contribution is 7.89. The predicted octanol–water partition coefficient (Wildman–Crippen LogP) is 4.26. The van der Waals surface area contributed by atoms with Crippen molar-refractivity contribution in [2.45, 2.75) is 63.3 Å². The highest BCUT2D eigenvalue weighted by atomic mass is 32.2. The number of anilines is 1. The summed E-state index contributed by atoms with van der Waals surface area (Å²) in [5.74, 6) is 0.660. The molecule has 0 radical (unpaired) electrons. The van der Waals surface area contributed by atoms with E-state index < -0.39 is 10.0 Å². The van der Waals surface area contributed by atoms with Gasteiger partial charge in [-0.25, -0.2) is 13.4 Å². The van der Waals surface area contributed by atoms with Gasteiger partial charge in [-0.2, -0.15) is 9.57 Å². The van der Waals surface area contributed by atoms with Crippen LogP contribution in [0.4, 0.5) is 5.69 Å². The van der Waals surface area contributed by atoms with Gasteiger partial charge >= 0.3 is 0 Å². The van der Waals surface area contributed by atoms with Gasteiger partial charge < -0.3 is 9.88 Å². The van der Waals surface area contributed by atoms with Crippen LogP contribution in [0.3, 0.4) is 0 Å². The van der Waals surface area contributed by atoms with E-state index in [4.69, 9.17) is 10.2 Å². The summed E-state index contributed by atoms with van der Waals surface area (Å²) >= 11 is 0. The third-order valence-electron chi connectivity index (χ3n) is 6.33. The van der Waals surface area contributed by atoms with Crippen molar-refractivity contribution >= 4 is 32.7 Å². The van der Waals surface area contributed by atoms with Gasteiger partial charge in [0.15, 0.2) is 0 Å². The van der Waals surface area contributed by atoms with Crippen LogP contribution >= 0.6 is 0 Å². The number of sulfonamides is 1. The first-order valence-electron chi connectivity index (χ1n) is 12.2.